The first-order valence-corrected chi connectivity index (χ1v) is 10.6. The molecule has 1 amide bonds. The second kappa shape index (κ2) is 7.17. The van der Waals surface area contributed by atoms with Crippen molar-refractivity contribution in [3.05, 3.63) is 46.2 Å². The summed E-state index contributed by atoms with van der Waals surface area (Å²) in [7, 11) is -2.16. The summed E-state index contributed by atoms with van der Waals surface area (Å²) in [5, 5.41) is 4.52. The van der Waals surface area contributed by atoms with Gasteiger partial charge in [-0.1, -0.05) is 25.0 Å². The summed E-state index contributed by atoms with van der Waals surface area (Å²) >= 11 is 1.17. The number of rotatable bonds is 5. The molecule has 0 atom stereocenters. The largest absolute Gasteiger partial charge is 0.349 e. The number of anilines is 1. The number of sulfonamides is 1. The van der Waals surface area contributed by atoms with Gasteiger partial charge >= 0.3 is 0 Å². The molecule has 0 aliphatic heterocycles. The van der Waals surface area contributed by atoms with Gasteiger partial charge in [-0.2, -0.15) is 0 Å². The lowest BCUT2D eigenvalue weighted by molar-refractivity contribution is 0.0942. The molecular formula is C18H22N2O3S2. The number of nitrogens with one attached hydrogen (secondary N) is 1. The highest BCUT2D eigenvalue weighted by Crippen LogP contribution is 2.27. The molecule has 5 nitrogen and oxygen atoms in total. The standard InChI is InChI=1S/C18H22N2O3S2/c1-13-6-5-9-15(10-13)20(2)25(22,23)16-11-17(24-12-16)18(21)19-14-7-3-4-8-14/h5-6,9-12,14H,3-4,7-8H2,1-2H3,(H,19,21). The third kappa shape index (κ3) is 3.88. The molecule has 0 unspecified atom stereocenters. The third-order valence-corrected chi connectivity index (χ3v) is 7.35. The van der Waals surface area contributed by atoms with E-state index in [4.69, 9.17) is 0 Å². The lowest BCUT2D eigenvalue weighted by Gasteiger charge is -2.19. The second-order valence-electron chi connectivity index (χ2n) is 6.41. The normalized spacial score (nSPS) is 15.3. The molecule has 0 bridgehead atoms. The van der Waals surface area contributed by atoms with Gasteiger partial charge in [-0.15, -0.1) is 11.3 Å². The molecule has 1 aromatic heterocycles. The Morgan fingerprint density at radius 2 is 1.96 bits per heavy atom. The van der Waals surface area contributed by atoms with Crippen molar-refractivity contribution in [1.29, 1.82) is 0 Å². The molecule has 1 heterocycles. The van der Waals surface area contributed by atoms with Crippen molar-refractivity contribution in [2.24, 2.45) is 0 Å². The lowest BCUT2D eigenvalue weighted by Crippen LogP contribution is -2.32. The van der Waals surface area contributed by atoms with Gasteiger partial charge in [0.15, 0.2) is 0 Å². The molecule has 1 saturated carbocycles. The van der Waals surface area contributed by atoms with E-state index in [0.717, 1.165) is 31.2 Å². The smallest absolute Gasteiger partial charge is 0.264 e. The second-order valence-corrected chi connectivity index (χ2v) is 9.29. The minimum atomic E-state index is -3.68. The van der Waals surface area contributed by atoms with E-state index in [1.807, 2.05) is 25.1 Å². The Kier molecular flexibility index (Phi) is 5.15. The first-order chi connectivity index (χ1) is 11.9. The predicted octanol–water partition coefficient (Wildman–Crippen LogP) is 3.55. The van der Waals surface area contributed by atoms with Gasteiger partial charge < -0.3 is 5.32 Å². The van der Waals surface area contributed by atoms with Gasteiger partial charge in [0.1, 0.15) is 0 Å². The fourth-order valence-corrected chi connectivity index (χ4v) is 5.37. The zero-order valence-corrected chi connectivity index (χ0v) is 16.0. The maximum atomic E-state index is 12.8. The fourth-order valence-electron chi connectivity index (χ4n) is 3.02. The molecular weight excluding hydrogens is 356 g/mol. The van der Waals surface area contributed by atoms with Crippen molar-refractivity contribution in [3.8, 4) is 0 Å². The molecule has 7 heteroatoms. The summed E-state index contributed by atoms with van der Waals surface area (Å²) in [5.74, 6) is -0.184. The number of benzene rings is 1. The zero-order valence-electron chi connectivity index (χ0n) is 14.4. The van der Waals surface area contributed by atoms with Crippen LogP contribution in [0.4, 0.5) is 5.69 Å². The van der Waals surface area contributed by atoms with Gasteiger partial charge in [0.25, 0.3) is 15.9 Å². The van der Waals surface area contributed by atoms with E-state index in [1.165, 1.54) is 34.1 Å². The van der Waals surface area contributed by atoms with Crippen LogP contribution < -0.4 is 9.62 Å². The van der Waals surface area contributed by atoms with Crippen LogP contribution in [0.3, 0.4) is 0 Å². The molecule has 1 aliphatic rings. The van der Waals surface area contributed by atoms with E-state index >= 15 is 0 Å². The van der Waals surface area contributed by atoms with E-state index in [1.54, 1.807) is 6.07 Å². The minimum Gasteiger partial charge on any atom is -0.349 e. The number of aryl methyl sites for hydroxylation is 1. The number of carbonyl (C=O) groups is 1. The Labute approximate surface area is 152 Å². The van der Waals surface area contributed by atoms with E-state index in [2.05, 4.69) is 5.32 Å². The van der Waals surface area contributed by atoms with E-state index in [0.29, 0.717) is 10.6 Å². The summed E-state index contributed by atoms with van der Waals surface area (Å²) in [4.78, 5) is 12.9. The monoisotopic (exact) mass is 378 g/mol. The molecule has 3 rings (SSSR count). The number of thiophene rings is 1. The Morgan fingerprint density at radius 3 is 2.64 bits per heavy atom. The van der Waals surface area contributed by atoms with Crippen LogP contribution in [-0.2, 0) is 10.0 Å². The molecule has 2 aromatic rings. The number of carbonyl (C=O) groups excluding carboxylic acids is 1. The summed E-state index contributed by atoms with van der Waals surface area (Å²) in [6, 6.07) is 8.99. The third-order valence-electron chi connectivity index (χ3n) is 4.51. The van der Waals surface area contributed by atoms with Crippen LogP contribution in [-0.4, -0.2) is 27.4 Å². The number of nitrogens with zero attached hydrogens (tertiary/aromatic N) is 1. The molecule has 1 aromatic carbocycles. The average molecular weight is 379 g/mol. The number of hydrogen-bond acceptors (Lipinski definition) is 4. The van der Waals surface area contributed by atoms with Crippen LogP contribution in [0.15, 0.2) is 40.6 Å². The Balaban J connectivity index is 1.79. The molecule has 1 aliphatic carbocycles. The SMILES string of the molecule is Cc1cccc(N(C)S(=O)(=O)c2csc(C(=O)NC3CCCC3)c2)c1. The maximum Gasteiger partial charge on any atom is 0.264 e. The molecule has 134 valence electrons. The summed E-state index contributed by atoms with van der Waals surface area (Å²) in [6.07, 6.45) is 4.27. The molecule has 1 N–H and O–H groups in total. The zero-order chi connectivity index (χ0) is 18.0. The summed E-state index contributed by atoms with van der Waals surface area (Å²) in [5.41, 5.74) is 1.59. The van der Waals surface area contributed by atoms with Crippen LogP contribution in [0.25, 0.3) is 0 Å². The number of hydrogen-bond donors (Lipinski definition) is 1. The van der Waals surface area contributed by atoms with Crippen LogP contribution in [0.5, 0.6) is 0 Å². The van der Waals surface area contributed by atoms with Gasteiger partial charge in [-0.3, -0.25) is 9.10 Å². The highest BCUT2D eigenvalue weighted by Gasteiger charge is 2.25. The summed E-state index contributed by atoms with van der Waals surface area (Å²) < 4.78 is 26.9. The Hall–Kier alpha value is -1.86. The van der Waals surface area contributed by atoms with Crippen LogP contribution in [0.2, 0.25) is 0 Å². The molecule has 0 spiro atoms. The van der Waals surface area contributed by atoms with Gasteiger partial charge in [0, 0.05) is 18.5 Å². The van der Waals surface area contributed by atoms with Crippen LogP contribution in [0.1, 0.15) is 40.9 Å². The fraction of sp³-hybridized carbons (Fsp3) is 0.389. The van der Waals surface area contributed by atoms with Gasteiger partial charge in [0.05, 0.1) is 15.5 Å². The van der Waals surface area contributed by atoms with E-state index in [-0.39, 0.29) is 16.8 Å². The van der Waals surface area contributed by atoms with Crippen molar-refractivity contribution in [3.63, 3.8) is 0 Å². The molecule has 0 saturated heterocycles. The highest BCUT2D eigenvalue weighted by atomic mass is 32.2. The highest BCUT2D eigenvalue weighted by molar-refractivity contribution is 7.93. The quantitative estimate of drug-likeness (QED) is 0.865. The van der Waals surface area contributed by atoms with Gasteiger partial charge in [-0.25, -0.2) is 8.42 Å². The first kappa shape index (κ1) is 17.9. The molecule has 25 heavy (non-hydrogen) atoms. The first-order valence-electron chi connectivity index (χ1n) is 8.33. The van der Waals surface area contributed by atoms with Crippen molar-refractivity contribution in [2.45, 2.75) is 43.5 Å². The lowest BCUT2D eigenvalue weighted by atomic mass is 10.2. The Morgan fingerprint density at radius 1 is 1.24 bits per heavy atom. The van der Waals surface area contributed by atoms with Crippen molar-refractivity contribution >= 4 is 33.0 Å². The molecule has 0 radical (unpaired) electrons. The topological polar surface area (TPSA) is 66.5 Å². The van der Waals surface area contributed by atoms with E-state index < -0.39 is 10.0 Å². The minimum absolute atomic E-state index is 0.151. The predicted molar refractivity (Wildman–Crippen MR) is 101 cm³/mol. The molecule has 1 fully saturated rings. The number of amides is 1. The maximum absolute atomic E-state index is 12.8. The van der Waals surface area contributed by atoms with Gasteiger partial charge in [0.2, 0.25) is 0 Å². The van der Waals surface area contributed by atoms with Crippen molar-refractivity contribution in [2.75, 3.05) is 11.4 Å². The van der Waals surface area contributed by atoms with E-state index in [9.17, 15) is 13.2 Å². The summed E-state index contributed by atoms with van der Waals surface area (Å²) in [6.45, 7) is 1.92. The van der Waals surface area contributed by atoms with Gasteiger partial charge in [-0.05, 0) is 43.5 Å². The Bertz CT molecular complexity index is 868. The van der Waals surface area contributed by atoms with Crippen molar-refractivity contribution < 1.29 is 13.2 Å². The van der Waals surface area contributed by atoms with Crippen molar-refractivity contribution in [1.82, 2.24) is 5.32 Å². The van der Waals surface area contributed by atoms with Crippen LogP contribution >= 0.6 is 11.3 Å². The average Bonchev–Trinajstić information content (AvgIpc) is 3.25. The van der Waals surface area contributed by atoms with Crippen LogP contribution in [0, 0.1) is 6.92 Å².